The van der Waals surface area contributed by atoms with Crippen molar-refractivity contribution < 1.29 is 29.6 Å². The smallest absolute Gasteiger partial charge is 0.327 e. The van der Waals surface area contributed by atoms with Gasteiger partial charge in [0.2, 0.25) is 0 Å². The number of amides is 3. The first-order chi connectivity index (χ1) is 15.3. The van der Waals surface area contributed by atoms with Crippen molar-refractivity contribution in [2.45, 2.75) is 64.5 Å². The molecule has 3 rings (SSSR count). The van der Waals surface area contributed by atoms with Gasteiger partial charge in [0.1, 0.15) is 12.1 Å². The van der Waals surface area contributed by atoms with Gasteiger partial charge in [-0.2, -0.15) is 0 Å². The summed E-state index contributed by atoms with van der Waals surface area (Å²) in [6, 6.07) is 7.41. The van der Waals surface area contributed by atoms with Crippen molar-refractivity contribution >= 4 is 17.9 Å². The fourth-order valence-electron chi connectivity index (χ4n) is 4.25. The third kappa shape index (κ3) is 5.40. The van der Waals surface area contributed by atoms with Crippen LogP contribution < -0.4 is 5.32 Å². The molecule has 32 heavy (non-hydrogen) atoms. The number of carboxylic acids is 1. The number of carbonyl (C=O) groups is 3. The quantitative estimate of drug-likeness (QED) is 0.417. The second-order valence-corrected chi connectivity index (χ2v) is 8.64. The van der Waals surface area contributed by atoms with E-state index < -0.39 is 18.4 Å². The van der Waals surface area contributed by atoms with Gasteiger partial charge in [-0.3, -0.25) is 14.5 Å². The summed E-state index contributed by atoms with van der Waals surface area (Å²) in [5, 5.41) is 20.8. The summed E-state index contributed by atoms with van der Waals surface area (Å²) in [5.74, 6) is -1.78. The van der Waals surface area contributed by atoms with Crippen molar-refractivity contribution in [3.05, 3.63) is 46.8 Å². The first-order valence-corrected chi connectivity index (χ1v) is 11.0. The Labute approximate surface area is 187 Å². The molecule has 0 saturated heterocycles. The number of urea groups is 1. The van der Waals surface area contributed by atoms with E-state index in [1.807, 2.05) is 24.3 Å². The van der Waals surface area contributed by atoms with E-state index in [1.54, 1.807) is 4.90 Å². The predicted octanol–water partition coefficient (Wildman–Crippen LogP) is 3.28. The Kier molecular flexibility index (Phi) is 7.74. The Hall–Kier alpha value is -3.07. The third-order valence-electron chi connectivity index (χ3n) is 6.07. The zero-order valence-corrected chi connectivity index (χ0v) is 18.5. The standard InChI is InChI=1S/C23H31N3O6/c1-15(2)17-10-8-16(9-11-17)13-26-22(32-31)19(21(29)24-12-20(27)28)14-25(23(26)30)18-6-4-3-5-7-18/h8-11,15,18,31H,3-7,12-14H2,1-2H3,(H,24,29)(H,27,28). The Morgan fingerprint density at radius 3 is 2.38 bits per heavy atom. The zero-order chi connectivity index (χ0) is 23.3. The lowest BCUT2D eigenvalue weighted by Crippen LogP contribution is -2.54. The Morgan fingerprint density at radius 2 is 1.81 bits per heavy atom. The molecule has 9 heteroatoms. The van der Waals surface area contributed by atoms with Crippen molar-refractivity contribution in [1.29, 1.82) is 0 Å². The van der Waals surface area contributed by atoms with E-state index in [0.717, 1.165) is 43.2 Å². The van der Waals surface area contributed by atoms with Crippen LogP contribution in [-0.4, -0.2) is 57.2 Å². The van der Waals surface area contributed by atoms with Crippen molar-refractivity contribution in [3.63, 3.8) is 0 Å². The van der Waals surface area contributed by atoms with E-state index in [0.29, 0.717) is 5.92 Å². The Bertz CT molecular complexity index is 874. The summed E-state index contributed by atoms with van der Waals surface area (Å²) in [5.41, 5.74) is 2.00. The minimum atomic E-state index is -1.19. The SMILES string of the molecule is CC(C)c1ccc(CN2C(=O)N(C3CCCCC3)CC(C(=O)NCC(=O)O)=C2OO)cc1. The molecule has 3 amide bonds. The number of aliphatic carboxylic acids is 1. The summed E-state index contributed by atoms with van der Waals surface area (Å²) < 4.78 is 0. The van der Waals surface area contributed by atoms with Gasteiger partial charge < -0.3 is 20.2 Å². The Balaban J connectivity index is 1.93. The summed E-state index contributed by atoms with van der Waals surface area (Å²) in [6.07, 6.45) is 4.78. The topological polar surface area (TPSA) is 119 Å². The molecule has 174 valence electrons. The molecule has 0 atom stereocenters. The molecule has 1 saturated carbocycles. The van der Waals surface area contributed by atoms with Gasteiger partial charge in [-0.25, -0.2) is 10.1 Å². The van der Waals surface area contributed by atoms with E-state index >= 15 is 0 Å². The summed E-state index contributed by atoms with van der Waals surface area (Å²) in [7, 11) is 0. The van der Waals surface area contributed by atoms with Gasteiger partial charge in [0.15, 0.2) is 0 Å². The van der Waals surface area contributed by atoms with E-state index in [-0.39, 0.29) is 36.6 Å². The summed E-state index contributed by atoms with van der Waals surface area (Å²) in [6.45, 7) is 3.66. The monoisotopic (exact) mass is 445 g/mol. The molecule has 0 aromatic heterocycles. The third-order valence-corrected chi connectivity index (χ3v) is 6.07. The normalized spacial score (nSPS) is 17.7. The largest absolute Gasteiger partial charge is 0.480 e. The fraction of sp³-hybridized carbons (Fsp3) is 0.522. The van der Waals surface area contributed by atoms with Crippen LogP contribution in [0.2, 0.25) is 0 Å². The highest BCUT2D eigenvalue weighted by atomic mass is 17.1. The van der Waals surface area contributed by atoms with Crippen LogP contribution >= 0.6 is 0 Å². The lowest BCUT2D eigenvalue weighted by atomic mass is 9.93. The van der Waals surface area contributed by atoms with E-state index in [9.17, 15) is 19.6 Å². The molecular weight excluding hydrogens is 414 g/mol. The number of benzene rings is 1. The van der Waals surface area contributed by atoms with Crippen LogP contribution in [0.4, 0.5) is 4.79 Å². The van der Waals surface area contributed by atoms with Gasteiger partial charge in [-0.15, -0.1) is 0 Å². The second kappa shape index (κ2) is 10.5. The van der Waals surface area contributed by atoms with Crippen LogP contribution in [0.1, 0.15) is 63.0 Å². The maximum atomic E-state index is 13.4. The predicted molar refractivity (Wildman–Crippen MR) is 116 cm³/mol. The molecule has 2 aliphatic rings. The summed E-state index contributed by atoms with van der Waals surface area (Å²) >= 11 is 0. The van der Waals surface area contributed by atoms with Crippen LogP contribution in [-0.2, 0) is 21.0 Å². The molecule has 3 N–H and O–H groups in total. The summed E-state index contributed by atoms with van der Waals surface area (Å²) in [4.78, 5) is 44.5. The van der Waals surface area contributed by atoms with Crippen LogP contribution in [0, 0.1) is 0 Å². The molecule has 1 fully saturated rings. The Morgan fingerprint density at radius 1 is 1.16 bits per heavy atom. The van der Waals surface area contributed by atoms with Gasteiger partial charge in [-0.1, -0.05) is 57.4 Å². The van der Waals surface area contributed by atoms with Gasteiger partial charge in [0.25, 0.3) is 11.8 Å². The van der Waals surface area contributed by atoms with Crippen molar-refractivity contribution in [2.24, 2.45) is 0 Å². The molecule has 0 bridgehead atoms. The highest BCUT2D eigenvalue weighted by molar-refractivity contribution is 5.98. The molecule has 1 aromatic carbocycles. The number of nitrogens with one attached hydrogen (secondary N) is 1. The number of hydrogen-bond donors (Lipinski definition) is 3. The van der Waals surface area contributed by atoms with Gasteiger partial charge in [0, 0.05) is 6.04 Å². The fourth-order valence-corrected chi connectivity index (χ4v) is 4.25. The van der Waals surface area contributed by atoms with Gasteiger partial charge >= 0.3 is 12.0 Å². The molecule has 0 spiro atoms. The molecule has 0 radical (unpaired) electrons. The average molecular weight is 446 g/mol. The number of hydrogen-bond acceptors (Lipinski definition) is 5. The molecule has 1 aliphatic heterocycles. The number of nitrogens with zero attached hydrogens (tertiary/aromatic N) is 2. The molecular formula is C23H31N3O6. The zero-order valence-electron chi connectivity index (χ0n) is 18.5. The second-order valence-electron chi connectivity index (χ2n) is 8.64. The van der Waals surface area contributed by atoms with Gasteiger partial charge in [0.05, 0.1) is 13.1 Å². The highest BCUT2D eigenvalue weighted by Gasteiger charge is 2.40. The molecule has 9 nitrogen and oxygen atoms in total. The van der Waals surface area contributed by atoms with Crippen molar-refractivity contribution in [3.8, 4) is 0 Å². The van der Waals surface area contributed by atoms with E-state index in [4.69, 9.17) is 5.11 Å². The molecule has 1 aliphatic carbocycles. The maximum absolute atomic E-state index is 13.4. The minimum absolute atomic E-state index is 0.0235. The highest BCUT2D eigenvalue weighted by Crippen LogP contribution is 2.30. The van der Waals surface area contributed by atoms with E-state index in [2.05, 4.69) is 24.1 Å². The van der Waals surface area contributed by atoms with Crippen LogP contribution in [0.25, 0.3) is 0 Å². The average Bonchev–Trinajstić information content (AvgIpc) is 2.79. The number of carboxylic acid groups (broad SMARTS) is 1. The first kappa shape index (κ1) is 23.6. The minimum Gasteiger partial charge on any atom is -0.480 e. The van der Waals surface area contributed by atoms with Crippen LogP contribution in [0.15, 0.2) is 35.7 Å². The van der Waals surface area contributed by atoms with Crippen LogP contribution in [0.3, 0.4) is 0 Å². The molecule has 0 unspecified atom stereocenters. The molecule has 1 heterocycles. The lowest BCUT2D eigenvalue weighted by Gasteiger charge is -2.41. The van der Waals surface area contributed by atoms with Crippen LogP contribution in [0.5, 0.6) is 0 Å². The lowest BCUT2D eigenvalue weighted by molar-refractivity contribution is -0.224. The maximum Gasteiger partial charge on any atom is 0.327 e. The van der Waals surface area contributed by atoms with Crippen molar-refractivity contribution in [1.82, 2.24) is 15.1 Å². The van der Waals surface area contributed by atoms with Gasteiger partial charge in [-0.05, 0) is 29.9 Å². The number of rotatable bonds is 8. The molecule has 1 aromatic rings. The first-order valence-electron chi connectivity index (χ1n) is 11.0. The number of carbonyl (C=O) groups excluding carboxylic acids is 2. The van der Waals surface area contributed by atoms with E-state index in [1.165, 1.54) is 4.90 Å². The van der Waals surface area contributed by atoms with Crippen molar-refractivity contribution in [2.75, 3.05) is 13.1 Å².